The molecule has 3 unspecified atom stereocenters. The zero-order valence-corrected chi connectivity index (χ0v) is 25.0. The standard InChI is InChI=1S/C30H51N3O4/c1-20(2)17-18-22(5)33(25(23-15-13-12-14-16-23)26(34)32-29(6,7)8)27(35)24(19-21(3)4)31-28(36)37-30(9,10)11/h12-16,20-22,24-25H,17-19H2,1-11H3,(H,31,36)(H,32,34). The number of carbonyl (C=O) groups is 3. The lowest BCUT2D eigenvalue weighted by molar-refractivity contribution is -0.146. The summed E-state index contributed by atoms with van der Waals surface area (Å²) in [5.74, 6) is 0.0531. The molecule has 2 N–H and O–H groups in total. The van der Waals surface area contributed by atoms with Crippen molar-refractivity contribution < 1.29 is 19.1 Å². The number of rotatable bonds is 11. The maximum absolute atomic E-state index is 14.3. The van der Waals surface area contributed by atoms with Crippen LogP contribution >= 0.6 is 0 Å². The van der Waals surface area contributed by atoms with Crippen molar-refractivity contribution in [2.24, 2.45) is 11.8 Å². The third-order valence-electron chi connectivity index (χ3n) is 5.73. The van der Waals surface area contributed by atoms with Gasteiger partial charge >= 0.3 is 6.09 Å². The first kappa shape index (κ1) is 32.5. The molecule has 3 atom stereocenters. The molecule has 0 heterocycles. The molecule has 210 valence electrons. The second-order valence-corrected chi connectivity index (χ2v) is 12.9. The van der Waals surface area contributed by atoms with Crippen LogP contribution in [0.25, 0.3) is 0 Å². The first-order valence-electron chi connectivity index (χ1n) is 13.6. The van der Waals surface area contributed by atoms with Crippen molar-refractivity contribution in [2.45, 2.75) is 125 Å². The van der Waals surface area contributed by atoms with Crippen molar-refractivity contribution >= 4 is 17.9 Å². The number of hydrogen-bond donors (Lipinski definition) is 2. The van der Waals surface area contributed by atoms with E-state index in [1.54, 1.807) is 25.7 Å². The summed E-state index contributed by atoms with van der Waals surface area (Å²) >= 11 is 0. The molecule has 37 heavy (non-hydrogen) atoms. The zero-order chi connectivity index (χ0) is 28.6. The molecule has 0 saturated heterocycles. The Balaban J connectivity index is 3.59. The van der Waals surface area contributed by atoms with Gasteiger partial charge in [0.05, 0.1) is 0 Å². The highest BCUT2D eigenvalue weighted by atomic mass is 16.6. The average Bonchev–Trinajstić information content (AvgIpc) is 2.72. The molecular weight excluding hydrogens is 466 g/mol. The Bertz CT molecular complexity index is 869. The van der Waals surface area contributed by atoms with E-state index in [0.717, 1.165) is 18.4 Å². The number of nitrogens with zero attached hydrogens (tertiary/aromatic N) is 1. The molecule has 0 aromatic heterocycles. The van der Waals surface area contributed by atoms with E-state index in [4.69, 9.17) is 4.74 Å². The average molecular weight is 518 g/mol. The van der Waals surface area contributed by atoms with E-state index < -0.39 is 29.3 Å². The molecule has 1 aromatic carbocycles. The van der Waals surface area contributed by atoms with Gasteiger partial charge in [0.25, 0.3) is 0 Å². The van der Waals surface area contributed by atoms with Crippen LogP contribution < -0.4 is 10.6 Å². The number of benzene rings is 1. The predicted molar refractivity (Wildman–Crippen MR) is 150 cm³/mol. The summed E-state index contributed by atoms with van der Waals surface area (Å²) in [6, 6.07) is 7.48. The second kappa shape index (κ2) is 13.8. The highest BCUT2D eigenvalue weighted by Gasteiger charge is 2.39. The van der Waals surface area contributed by atoms with Gasteiger partial charge in [-0.3, -0.25) is 9.59 Å². The molecule has 0 radical (unpaired) electrons. The highest BCUT2D eigenvalue weighted by molar-refractivity contribution is 5.92. The number of nitrogens with one attached hydrogen (secondary N) is 2. The minimum atomic E-state index is -0.842. The first-order valence-corrected chi connectivity index (χ1v) is 13.6. The van der Waals surface area contributed by atoms with E-state index in [2.05, 4.69) is 24.5 Å². The van der Waals surface area contributed by atoms with Crippen LogP contribution in [-0.4, -0.2) is 46.0 Å². The van der Waals surface area contributed by atoms with Crippen molar-refractivity contribution in [3.63, 3.8) is 0 Å². The topological polar surface area (TPSA) is 87.7 Å². The summed E-state index contributed by atoms with van der Waals surface area (Å²) in [7, 11) is 0. The number of ether oxygens (including phenoxy) is 1. The normalized spacial score (nSPS) is 14.6. The minimum absolute atomic E-state index is 0.135. The summed E-state index contributed by atoms with van der Waals surface area (Å²) in [6.45, 7) is 21.4. The Morgan fingerprint density at radius 2 is 1.43 bits per heavy atom. The molecule has 1 rings (SSSR count). The van der Waals surface area contributed by atoms with E-state index in [-0.39, 0.29) is 23.8 Å². The molecule has 0 aliphatic carbocycles. The number of amides is 3. The van der Waals surface area contributed by atoms with Crippen molar-refractivity contribution in [1.82, 2.24) is 15.5 Å². The van der Waals surface area contributed by atoms with Crippen LogP contribution in [-0.2, 0) is 14.3 Å². The fraction of sp³-hybridized carbons (Fsp3) is 0.700. The fourth-order valence-electron chi connectivity index (χ4n) is 4.15. The van der Waals surface area contributed by atoms with Crippen molar-refractivity contribution in [3.05, 3.63) is 35.9 Å². The van der Waals surface area contributed by atoms with Crippen molar-refractivity contribution in [2.75, 3.05) is 0 Å². The number of alkyl carbamates (subject to hydrolysis) is 1. The maximum atomic E-state index is 14.3. The van der Waals surface area contributed by atoms with Gasteiger partial charge in [0.15, 0.2) is 0 Å². The molecule has 0 fully saturated rings. The molecule has 0 saturated carbocycles. The Morgan fingerprint density at radius 3 is 1.89 bits per heavy atom. The van der Waals surface area contributed by atoms with Gasteiger partial charge in [0, 0.05) is 11.6 Å². The Labute approximate surface area is 225 Å². The van der Waals surface area contributed by atoms with E-state index in [9.17, 15) is 14.4 Å². The Morgan fingerprint density at radius 1 is 0.865 bits per heavy atom. The summed E-state index contributed by atoms with van der Waals surface area (Å²) in [5, 5.41) is 5.89. The SMILES string of the molecule is CC(C)CCC(C)N(C(=O)C(CC(C)C)NC(=O)OC(C)(C)C)C(C(=O)NC(C)(C)C)c1ccccc1. The van der Waals surface area contributed by atoms with Gasteiger partial charge in [-0.25, -0.2) is 4.79 Å². The molecule has 1 aromatic rings. The Kier molecular flexibility index (Phi) is 12.1. The van der Waals surface area contributed by atoms with Crippen molar-refractivity contribution in [1.29, 1.82) is 0 Å². The summed E-state index contributed by atoms with van der Waals surface area (Å²) in [5.41, 5.74) is -0.444. The van der Waals surface area contributed by atoms with Gasteiger partial charge in [-0.2, -0.15) is 0 Å². The van der Waals surface area contributed by atoms with E-state index >= 15 is 0 Å². The first-order chi connectivity index (χ1) is 16.9. The van der Waals surface area contributed by atoms with E-state index in [0.29, 0.717) is 12.3 Å². The van der Waals surface area contributed by atoms with Gasteiger partial charge in [0.1, 0.15) is 17.7 Å². The minimum Gasteiger partial charge on any atom is -0.444 e. The van der Waals surface area contributed by atoms with Gasteiger partial charge in [-0.15, -0.1) is 0 Å². The lowest BCUT2D eigenvalue weighted by Gasteiger charge is -2.40. The predicted octanol–water partition coefficient (Wildman–Crippen LogP) is 6.24. The number of carbonyl (C=O) groups excluding carboxylic acids is 3. The van der Waals surface area contributed by atoms with Crippen LogP contribution in [0.5, 0.6) is 0 Å². The zero-order valence-electron chi connectivity index (χ0n) is 25.0. The van der Waals surface area contributed by atoms with Gasteiger partial charge in [0.2, 0.25) is 11.8 Å². The molecule has 0 aliphatic heterocycles. The third kappa shape index (κ3) is 12.0. The second-order valence-electron chi connectivity index (χ2n) is 12.9. The third-order valence-corrected chi connectivity index (χ3v) is 5.73. The van der Waals surface area contributed by atoms with Crippen LogP contribution in [0.3, 0.4) is 0 Å². The summed E-state index contributed by atoms with van der Waals surface area (Å²) < 4.78 is 5.48. The molecule has 7 heteroatoms. The molecule has 0 aliphatic rings. The summed E-state index contributed by atoms with van der Waals surface area (Å²) in [6.07, 6.45) is 1.42. The van der Waals surface area contributed by atoms with Crippen molar-refractivity contribution in [3.8, 4) is 0 Å². The molecule has 3 amide bonds. The smallest absolute Gasteiger partial charge is 0.408 e. The Hall–Kier alpha value is -2.57. The van der Waals surface area contributed by atoms with Gasteiger partial charge < -0.3 is 20.3 Å². The monoisotopic (exact) mass is 517 g/mol. The molecular formula is C30H51N3O4. The van der Waals surface area contributed by atoms with E-state index in [1.165, 1.54) is 0 Å². The molecule has 7 nitrogen and oxygen atoms in total. The lowest BCUT2D eigenvalue weighted by Crippen LogP contribution is -2.57. The fourth-order valence-corrected chi connectivity index (χ4v) is 4.15. The van der Waals surface area contributed by atoms with Crippen LogP contribution in [0.1, 0.15) is 107 Å². The van der Waals surface area contributed by atoms with Gasteiger partial charge in [-0.05, 0) is 85.1 Å². The van der Waals surface area contributed by atoms with Crippen LogP contribution in [0.2, 0.25) is 0 Å². The van der Waals surface area contributed by atoms with Crippen LogP contribution in [0, 0.1) is 11.8 Å². The van der Waals surface area contributed by atoms with Gasteiger partial charge in [-0.1, -0.05) is 58.0 Å². The summed E-state index contributed by atoms with van der Waals surface area (Å²) in [4.78, 5) is 42.5. The van der Waals surface area contributed by atoms with E-state index in [1.807, 2.05) is 71.9 Å². The van der Waals surface area contributed by atoms with Crippen LogP contribution in [0.4, 0.5) is 4.79 Å². The molecule has 0 spiro atoms. The highest BCUT2D eigenvalue weighted by Crippen LogP contribution is 2.29. The quantitative estimate of drug-likeness (QED) is 0.364. The van der Waals surface area contributed by atoms with Crippen LogP contribution in [0.15, 0.2) is 30.3 Å². The maximum Gasteiger partial charge on any atom is 0.408 e. The lowest BCUT2D eigenvalue weighted by atomic mass is 9.95. The molecule has 0 bridgehead atoms. The number of hydrogen-bond acceptors (Lipinski definition) is 4. The largest absolute Gasteiger partial charge is 0.444 e.